The highest BCUT2D eigenvalue weighted by Crippen LogP contribution is 2.38. The molecule has 17 heavy (non-hydrogen) atoms. The molecule has 1 aliphatic heterocycles. The van der Waals surface area contributed by atoms with Gasteiger partial charge in [0.15, 0.2) is 0 Å². The summed E-state index contributed by atoms with van der Waals surface area (Å²) in [5, 5.41) is 2.37. The van der Waals surface area contributed by atoms with Crippen LogP contribution in [0.25, 0.3) is 0 Å². The predicted molar refractivity (Wildman–Crippen MR) is 65.9 cm³/mol. The van der Waals surface area contributed by atoms with Crippen LogP contribution < -0.4 is 5.32 Å². The number of hydrogen-bond donors (Lipinski definition) is 1. The summed E-state index contributed by atoms with van der Waals surface area (Å²) in [5.74, 6) is -0.970. The zero-order chi connectivity index (χ0) is 12.4. The Balaban J connectivity index is 2.23. The van der Waals surface area contributed by atoms with Gasteiger partial charge in [-0.05, 0) is 12.1 Å². The van der Waals surface area contributed by atoms with Crippen LogP contribution in [0.2, 0.25) is 0 Å². The molecule has 1 aliphatic rings. The van der Waals surface area contributed by atoms with Gasteiger partial charge < -0.3 is 10.1 Å². The molecule has 0 unspecified atom stereocenters. The molecule has 0 aromatic heterocycles. The van der Waals surface area contributed by atoms with Crippen molar-refractivity contribution in [3.05, 3.63) is 24.3 Å². The van der Waals surface area contributed by atoms with E-state index in [1.54, 1.807) is 6.92 Å². The predicted octanol–water partition coefficient (Wildman–Crippen LogP) is 1.91. The average Bonchev–Trinajstić information content (AvgIpc) is 2.36. The fourth-order valence-electron chi connectivity index (χ4n) is 1.71. The topological polar surface area (TPSA) is 55.4 Å². The molecule has 0 radical (unpaired) electrons. The van der Waals surface area contributed by atoms with Gasteiger partial charge >= 0.3 is 5.97 Å². The smallest absolute Gasteiger partial charge is 0.310 e. The minimum atomic E-state index is -0.460. The van der Waals surface area contributed by atoms with Gasteiger partial charge in [0.2, 0.25) is 5.91 Å². The van der Waals surface area contributed by atoms with Gasteiger partial charge in [0.1, 0.15) is 5.25 Å². The molecule has 1 aromatic rings. The molecule has 4 nitrogen and oxygen atoms in total. The third-order valence-corrected chi connectivity index (χ3v) is 4.17. The van der Waals surface area contributed by atoms with Crippen molar-refractivity contribution in [3.8, 4) is 0 Å². The van der Waals surface area contributed by atoms with E-state index in [-0.39, 0.29) is 11.9 Å². The van der Waals surface area contributed by atoms with Crippen LogP contribution in [-0.2, 0) is 14.3 Å². The number of thioether (sulfide) groups is 1. The van der Waals surface area contributed by atoms with Crippen LogP contribution in [0, 0.1) is 5.92 Å². The molecular formula is C12H13NO3S. The number of amides is 1. The Morgan fingerprint density at radius 1 is 1.47 bits per heavy atom. The lowest BCUT2D eigenvalue weighted by Gasteiger charge is -2.26. The number of nitrogens with one attached hydrogen (secondary N) is 1. The van der Waals surface area contributed by atoms with E-state index >= 15 is 0 Å². The van der Waals surface area contributed by atoms with Crippen LogP contribution in [0.1, 0.15) is 6.92 Å². The maximum absolute atomic E-state index is 11.9. The number of benzene rings is 1. The Hall–Kier alpha value is -1.49. The second kappa shape index (κ2) is 4.79. The van der Waals surface area contributed by atoms with E-state index in [4.69, 9.17) is 0 Å². The first-order valence-corrected chi connectivity index (χ1v) is 6.16. The van der Waals surface area contributed by atoms with E-state index in [0.29, 0.717) is 0 Å². The lowest BCUT2D eigenvalue weighted by molar-refractivity contribution is -0.145. The highest BCUT2D eigenvalue weighted by Gasteiger charge is 2.35. The Bertz CT molecular complexity index is 461. The zero-order valence-electron chi connectivity index (χ0n) is 9.60. The van der Waals surface area contributed by atoms with Crippen molar-refractivity contribution in [1.29, 1.82) is 0 Å². The molecule has 2 rings (SSSR count). The largest absolute Gasteiger partial charge is 0.469 e. The molecule has 1 heterocycles. The van der Waals surface area contributed by atoms with Gasteiger partial charge in [-0.1, -0.05) is 19.1 Å². The molecule has 0 aliphatic carbocycles. The maximum atomic E-state index is 11.9. The zero-order valence-corrected chi connectivity index (χ0v) is 10.4. The summed E-state index contributed by atoms with van der Waals surface area (Å²) in [6.45, 7) is 1.71. The number of hydrogen-bond acceptors (Lipinski definition) is 4. The van der Waals surface area contributed by atoms with Crippen molar-refractivity contribution in [2.24, 2.45) is 5.92 Å². The molecule has 0 spiro atoms. The average molecular weight is 251 g/mol. The lowest BCUT2D eigenvalue weighted by Crippen LogP contribution is -2.37. The SMILES string of the molecule is COC(=O)[C@@H](C)[C@H]1Sc2ccccc2NC1=O. The van der Waals surface area contributed by atoms with Crippen LogP contribution in [-0.4, -0.2) is 24.2 Å². The summed E-state index contributed by atoms with van der Waals surface area (Å²) >= 11 is 1.40. The van der Waals surface area contributed by atoms with Crippen molar-refractivity contribution in [2.75, 3.05) is 12.4 Å². The Kier molecular flexibility index (Phi) is 3.38. The van der Waals surface area contributed by atoms with Gasteiger partial charge in [0.25, 0.3) is 0 Å². The Labute approximate surface area is 104 Å². The van der Waals surface area contributed by atoms with Crippen molar-refractivity contribution in [1.82, 2.24) is 0 Å². The third-order valence-electron chi connectivity index (χ3n) is 2.68. The quantitative estimate of drug-likeness (QED) is 0.816. The first kappa shape index (κ1) is 12.0. The molecular weight excluding hydrogens is 238 g/mol. The summed E-state index contributed by atoms with van der Waals surface area (Å²) in [5.41, 5.74) is 0.802. The maximum Gasteiger partial charge on any atom is 0.310 e. The van der Waals surface area contributed by atoms with Crippen LogP contribution >= 0.6 is 11.8 Å². The molecule has 0 saturated heterocycles. The summed E-state index contributed by atoms with van der Waals surface area (Å²) in [6, 6.07) is 7.54. The fraction of sp³-hybridized carbons (Fsp3) is 0.333. The van der Waals surface area contributed by atoms with E-state index in [1.807, 2.05) is 24.3 Å². The van der Waals surface area contributed by atoms with Crippen LogP contribution in [0.3, 0.4) is 0 Å². The number of esters is 1. The van der Waals surface area contributed by atoms with Gasteiger partial charge in [-0.15, -0.1) is 11.8 Å². The Morgan fingerprint density at radius 3 is 2.88 bits per heavy atom. The first-order valence-electron chi connectivity index (χ1n) is 5.28. The summed E-state index contributed by atoms with van der Waals surface area (Å²) < 4.78 is 4.67. The van der Waals surface area contributed by atoms with Gasteiger partial charge in [-0.3, -0.25) is 9.59 Å². The molecule has 90 valence electrons. The number of fused-ring (bicyclic) bond motifs is 1. The van der Waals surface area contributed by atoms with E-state index in [9.17, 15) is 9.59 Å². The highest BCUT2D eigenvalue weighted by atomic mass is 32.2. The second-order valence-corrected chi connectivity index (χ2v) is 5.02. The van der Waals surface area contributed by atoms with E-state index < -0.39 is 11.2 Å². The van der Waals surface area contributed by atoms with Gasteiger partial charge in [0.05, 0.1) is 18.7 Å². The monoisotopic (exact) mass is 251 g/mol. The van der Waals surface area contributed by atoms with Gasteiger partial charge in [-0.25, -0.2) is 0 Å². The number of rotatable bonds is 2. The summed E-state index contributed by atoms with van der Waals surface area (Å²) in [4.78, 5) is 24.3. The van der Waals surface area contributed by atoms with E-state index in [0.717, 1.165) is 10.6 Å². The van der Waals surface area contributed by atoms with Crippen molar-refractivity contribution in [3.63, 3.8) is 0 Å². The van der Waals surface area contributed by atoms with Crippen LogP contribution in [0.15, 0.2) is 29.2 Å². The van der Waals surface area contributed by atoms with E-state index in [2.05, 4.69) is 10.1 Å². The second-order valence-electron chi connectivity index (χ2n) is 3.84. The molecule has 1 N–H and O–H groups in total. The number of para-hydroxylation sites is 1. The van der Waals surface area contributed by atoms with Crippen LogP contribution in [0.5, 0.6) is 0 Å². The number of methoxy groups -OCH3 is 1. The normalized spacial score (nSPS) is 20.1. The summed E-state index contributed by atoms with van der Waals surface area (Å²) in [6.07, 6.45) is 0. The molecule has 1 amide bonds. The van der Waals surface area contributed by atoms with Crippen molar-refractivity contribution in [2.45, 2.75) is 17.1 Å². The molecule has 0 fully saturated rings. The number of anilines is 1. The van der Waals surface area contributed by atoms with Crippen LogP contribution in [0.4, 0.5) is 5.69 Å². The standard InChI is InChI=1S/C12H13NO3S/c1-7(12(15)16-2)10-11(14)13-8-5-3-4-6-9(8)17-10/h3-7,10H,1-2H3,(H,13,14)/t7-,10+/m0/s1. The van der Waals surface area contributed by atoms with Gasteiger partial charge in [0, 0.05) is 4.90 Å². The lowest BCUT2D eigenvalue weighted by atomic mass is 10.1. The number of carbonyl (C=O) groups excluding carboxylic acids is 2. The minimum Gasteiger partial charge on any atom is -0.469 e. The number of carbonyl (C=O) groups is 2. The third kappa shape index (κ3) is 2.29. The van der Waals surface area contributed by atoms with Gasteiger partial charge in [-0.2, -0.15) is 0 Å². The van der Waals surface area contributed by atoms with Crippen molar-refractivity contribution >= 4 is 29.3 Å². The number of ether oxygens (including phenoxy) is 1. The fourth-order valence-corrected chi connectivity index (χ4v) is 2.86. The highest BCUT2D eigenvalue weighted by molar-refractivity contribution is 8.01. The molecule has 0 saturated carbocycles. The molecule has 1 aromatic carbocycles. The Morgan fingerprint density at radius 2 is 2.18 bits per heavy atom. The first-order chi connectivity index (χ1) is 8.13. The van der Waals surface area contributed by atoms with E-state index in [1.165, 1.54) is 18.9 Å². The van der Waals surface area contributed by atoms with Crippen molar-refractivity contribution < 1.29 is 14.3 Å². The summed E-state index contributed by atoms with van der Waals surface area (Å²) in [7, 11) is 1.33. The minimum absolute atomic E-state index is 0.147. The molecule has 5 heteroatoms. The molecule has 0 bridgehead atoms. The molecule has 2 atom stereocenters.